The van der Waals surface area contributed by atoms with Crippen molar-refractivity contribution in [1.29, 1.82) is 5.26 Å². The summed E-state index contributed by atoms with van der Waals surface area (Å²) in [6, 6.07) is 10.6. The van der Waals surface area contributed by atoms with Crippen LogP contribution in [0.5, 0.6) is 0 Å². The number of pyridine rings is 1. The van der Waals surface area contributed by atoms with E-state index in [-0.39, 0.29) is 0 Å². The molecule has 1 unspecified atom stereocenters. The molecule has 4 nitrogen and oxygen atoms in total. The zero-order chi connectivity index (χ0) is 13.2. The van der Waals surface area contributed by atoms with Crippen LogP contribution < -0.4 is 10.2 Å². The largest absolute Gasteiger partial charge is 0.368 e. The van der Waals surface area contributed by atoms with Gasteiger partial charge in [-0.05, 0) is 31.2 Å². The molecule has 0 amide bonds. The van der Waals surface area contributed by atoms with Crippen molar-refractivity contribution in [2.24, 2.45) is 0 Å². The van der Waals surface area contributed by atoms with Gasteiger partial charge in [-0.3, -0.25) is 4.98 Å². The van der Waals surface area contributed by atoms with E-state index in [9.17, 15) is 0 Å². The third-order valence-corrected chi connectivity index (χ3v) is 3.58. The molecule has 19 heavy (non-hydrogen) atoms. The van der Waals surface area contributed by atoms with Gasteiger partial charge < -0.3 is 10.2 Å². The van der Waals surface area contributed by atoms with E-state index in [1.807, 2.05) is 24.3 Å². The second-order valence-corrected chi connectivity index (χ2v) is 4.94. The van der Waals surface area contributed by atoms with Crippen LogP contribution in [0.3, 0.4) is 0 Å². The summed E-state index contributed by atoms with van der Waals surface area (Å²) in [4.78, 5) is 6.73. The molecule has 0 bridgehead atoms. The number of benzene rings is 1. The van der Waals surface area contributed by atoms with Gasteiger partial charge in [0.25, 0.3) is 0 Å². The van der Waals surface area contributed by atoms with E-state index < -0.39 is 0 Å². The molecule has 1 atom stereocenters. The van der Waals surface area contributed by atoms with Gasteiger partial charge in [0.2, 0.25) is 0 Å². The predicted octanol–water partition coefficient (Wildman–Crippen LogP) is 1.90. The highest BCUT2D eigenvalue weighted by Gasteiger charge is 2.18. The Labute approximate surface area is 112 Å². The van der Waals surface area contributed by atoms with E-state index in [0.29, 0.717) is 11.6 Å². The Hall–Kier alpha value is -2.12. The number of nitriles is 1. The highest BCUT2D eigenvalue weighted by molar-refractivity contribution is 5.95. The fourth-order valence-electron chi connectivity index (χ4n) is 2.67. The summed E-state index contributed by atoms with van der Waals surface area (Å²) in [7, 11) is 0. The molecule has 1 aliphatic heterocycles. The van der Waals surface area contributed by atoms with Crippen molar-refractivity contribution in [3.8, 4) is 6.07 Å². The molecule has 2 aromatic rings. The van der Waals surface area contributed by atoms with E-state index in [1.165, 1.54) is 5.69 Å². The molecule has 96 valence electrons. The summed E-state index contributed by atoms with van der Waals surface area (Å²) >= 11 is 0. The minimum atomic E-state index is 0.483. The summed E-state index contributed by atoms with van der Waals surface area (Å²) < 4.78 is 0. The lowest BCUT2D eigenvalue weighted by Crippen LogP contribution is -2.49. The third kappa shape index (κ3) is 2.13. The Morgan fingerprint density at radius 3 is 3.11 bits per heavy atom. The normalized spacial score (nSPS) is 19.4. The fraction of sp³-hybridized carbons (Fsp3) is 0.333. The van der Waals surface area contributed by atoms with E-state index >= 15 is 0 Å². The third-order valence-electron chi connectivity index (χ3n) is 3.58. The van der Waals surface area contributed by atoms with E-state index in [1.54, 1.807) is 6.20 Å². The first-order valence-corrected chi connectivity index (χ1v) is 6.56. The number of nitrogens with zero attached hydrogens (tertiary/aromatic N) is 3. The maximum Gasteiger partial charge on any atom is 0.101 e. The van der Waals surface area contributed by atoms with E-state index in [2.05, 4.69) is 28.2 Å². The van der Waals surface area contributed by atoms with Gasteiger partial charge in [-0.15, -0.1) is 0 Å². The Kier molecular flexibility index (Phi) is 3.06. The van der Waals surface area contributed by atoms with Crippen LogP contribution in [0.1, 0.15) is 12.5 Å². The second kappa shape index (κ2) is 4.87. The number of fused-ring (bicyclic) bond motifs is 1. The smallest absolute Gasteiger partial charge is 0.101 e. The summed E-state index contributed by atoms with van der Waals surface area (Å²) in [6.45, 7) is 5.15. The van der Waals surface area contributed by atoms with Crippen molar-refractivity contribution in [3.63, 3.8) is 0 Å². The molecule has 2 heterocycles. The van der Waals surface area contributed by atoms with Crippen LogP contribution in [-0.2, 0) is 0 Å². The van der Waals surface area contributed by atoms with Crippen molar-refractivity contribution in [3.05, 3.63) is 36.0 Å². The highest BCUT2D eigenvalue weighted by Crippen LogP contribution is 2.28. The zero-order valence-corrected chi connectivity index (χ0v) is 10.9. The number of hydrogen-bond acceptors (Lipinski definition) is 4. The lowest BCUT2D eigenvalue weighted by molar-refractivity contribution is 0.485. The van der Waals surface area contributed by atoms with Gasteiger partial charge in [-0.2, -0.15) is 5.26 Å². The maximum atomic E-state index is 9.17. The molecule has 1 aliphatic rings. The summed E-state index contributed by atoms with van der Waals surface area (Å²) in [6.07, 6.45) is 1.74. The Bertz CT molecular complexity index is 644. The van der Waals surface area contributed by atoms with Gasteiger partial charge in [0.1, 0.15) is 6.07 Å². The number of piperazine rings is 1. The quantitative estimate of drug-likeness (QED) is 0.842. The van der Waals surface area contributed by atoms with E-state index in [4.69, 9.17) is 5.26 Å². The van der Waals surface area contributed by atoms with Gasteiger partial charge in [0.15, 0.2) is 0 Å². The van der Waals surface area contributed by atoms with Crippen molar-refractivity contribution in [2.75, 3.05) is 24.5 Å². The number of anilines is 1. The summed E-state index contributed by atoms with van der Waals surface area (Å²) in [5, 5.41) is 13.7. The lowest BCUT2D eigenvalue weighted by atomic mass is 10.1. The minimum Gasteiger partial charge on any atom is -0.368 e. The molecule has 1 fully saturated rings. The topological polar surface area (TPSA) is 52.0 Å². The second-order valence-electron chi connectivity index (χ2n) is 4.94. The summed E-state index contributed by atoms with van der Waals surface area (Å²) in [5.74, 6) is 0. The van der Waals surface area contributed by atoms with Crippen LogP contribution >= 0.6 is 0 Å². The Morgan fingerprint density at radius 2 is 2.32 bits per heavy atom. The van der Waals surface area contributed by atoms with E-state index in [0.717, 1.165) is 30.5 Å². The van der Waals surface area contributed by atoms with Crippen molar-refractivity contribution < 1.29 is 0 Å². The molecular formula is C15H16N4. The van der Waals surface area contributed by atoms with Gasteiger partial charge in [0, 0.05) is 42.9 Å². The summed E-state index contributed by atoms with van der Waals surface area (Å²) in [5.41, 5.74) is 2.62. The predicted molar refractivity (Wildman–Crippen MR) is 76.1 cm³/mol. The molecule has 4 heteroatoms. The van der Waals surface area contributed by atoms with Crippen LogP contribution in [-0.4, -0.2) is 30.7 Å². The Balaban J connectivity index is 2.12. The molecule has 1 saturated heterocycles. The average molecular weight is 252 g/mol. The first kappa shape index (κ1) is 11.9. The standard InChI is InChI=1S/C15H16N4/c1-11-10-19(8-7-17-11)14-5-4-12(9-16)15-13(14)3-2-6-18-15/h2-6,11,17H,7-8,10H2,1H3. The Morgan fingerprint density at radius 1 is 1.42 bits per heavy atom. The number of hydrogen-bond donors (Lipinski definition) is 1. The molecule has 1 N–H and O–H groups in total. The van der Waals surface area contributed by atoms with Crippen LogP contribution in [0.2, 0.25) is 0 Å². The number of nitrogens with one attached hydrogen (secondary N) is 1. The average Bonchev–Trinajstić information content (AvgIpc) is 2.46. The SMILES string of the molecule is CC1CN(c2ccc(C#N)c3ncccc23)CCN1. The van der Waals surface area contributed by atoms with Crippen LogP contribution in [0, 0.1) is 11.3 Å². The molecule has 3 rings (SSSR count). The van der Waals surface area contributed by atoms with Gasteiger partial charge >= 0.3 is 0 Å². The molecule has 0 radical (unpaired) electrons. The first-order chi connectivity index (χ1) is 9.29. The van der Waals surface area contributed by atoms with Crippen molar-refractivity contribution >= 4 is 16.6 Å². The van der Waals surface area contributed by atoms with Gasteiger partial charge in [-0.1, -0.05) is 0 Å². The molecule has 1 aromatic heterocycles. The highest BCUT2D eigenvalue weighted by atomic mass is 15.2. The first-order valence-electron chi connectivity index (χ1n) is 6.56. The van der Waals surface area contributed by atoms with Crippen molar-refractivity contribution in [1.82, 2.24) is 10.3 Å². The van der Waals surface area contributed by atoms with Crippen LogP contribution in [0.4, 0.5) is 5.69 Å². The zero-order valence-electron chi connectivity index (χ0n) is 10.9. The molecule has 0 spiro atoms. The number of aromatic nitrogens is 1. The molecule has 1 aromatic carbocycles. The minimum absolute atomic E-state index is 0.483. The maximum absolute atomic E-state index is 9.17. The fourth-order valence-corrected chi connectivity index (χ4v) is 2.67. The monoisotopic (exact) mass is 252 g/mol. The van der Waals surface area contributed by atoms with Crippen LogP contribution in [0.25, 0.3) is 10.9 Å². The lowest BCUT2D eigenvalue weighted by Gasteiger charge is -2.34. The van der Waals surface area contributed by atoms with Gasteiger partial charge in [-0.25, -0.2) is 0 Å². The van der Waals surface area contributed by atoms with Crippen LogP contribution in [0.15, 0.2) is 30.5 Å². The molecule has 0 saturated carbocycles. The van der Waals surface area contributed by atoms with Crippen molar-refractivity contribution in [2.45, 2.75) is 13.0 Å². The number of rotatable bonds is 1. The molecular weight excluding hydrogens is 236 g/mol. The molecule has 0 aliphatic carbocycles. The van der Waals surface area contributed by atoms with Gasteiger partial charge in [0.05, 0.1) is 11.1 Å².